The van der Waals surface area contributed by atoms with Crippen LogP contribution in [-0.4, -0.2) is 34.1 Å². The van der Waals surface area contributed by atoms with E-state index in [4.69, 9.17) is 0 Å². The highest BCUT2D eigenvalue weighted by Gasteiger charge is 2.28. The summed E-state index contributed by atoms with van der Waals surface area (Å²) in [7, 11) is 0. The fourth-order valence-corrected chi connectivity index (χ4v) is 4.92. The molecule has 0 radical (unpaired) electrons. The molecule has 30 heavy (non-hydrogen) atoms. The maximum atomic E-state index is 13.3. The van der Waals surface area contributed by atoms with Gasteiger partial charge in [0.2, 0.25) is 0 Å². The van der Waals surface area contributed by atoms with Gasteiger partial charge < -0.3 is 15.3 Å². The molecule has 2 aromatic rings. The second kappa shape index (κ2) is 10.0. The van der Waals surface area contributed by atoms with Crippen molar-refractivity contribution in [1.29, 1.82) is 0 Å². The van der Waals surface area contributed by atoms with Crippen LogP contribution in [0.1, 0.15) is 72.9 Å². The van der Waals surface area contributed by atoms with Gasteiger partial charge in [-0.2, -0.15) is 0 Å². The molecule has 3 nitrogen and oxygen atoms in total. The quantitative estimate of drug-likeness (QED) is 0.573. The van der Waals surface area contributed by atoms with Crippen LogP contribution in [0.15, 0.2) is 30.3 Å². The van der Waals surface area contributed by atoms with Gasteiger partial charge in [-0.05, 0) is 90.0 Å². The van der Waals surface area contributed by atoms with Crippen molar-refractivity contribution < 1.29 is 19.7 Å². The van der Waals surface area contributed by atoms with Gasteiger partial charge in [-0.3, -0.25) is 0 Å². The Morgan fingerprint density at radius 3 is 2.33 bits per heavy atom. The van der Waals surface area contributed by atoms with E-state index >= 15 is 0 Å². The standard InChI is InChI=1S/C26H35FO3/c1-4-21-23-7-5-6-22(23)19(13-18-8-10-20(27)11-9-18)14-24(21)16(2)12-25(29)26(30)17(3)15-28/h8-11,14,16-17,25-26,28-30H,4-7,12-13,15H2,1-3H3. The first-order valence-electron chi connectivity index (χ1n) is 11.2. The number of aliphatic hydroxyl groups is 3. The van der Waals surface area contributed by atoms with Crippen molar-refractivity contribution in [1.82, 2.24) is 0 Å². The average molecular weight is 415 g/mol. The summed E-state index contributed by atoms with van der Waals surface area (Å²) in [5.74, 6) is -0.482. The minimum absolute atomic E-state index is 0.0911. The maximum Gasteiger partial charge on any atom is 0.123 e. The summed E-state index contributed by atoms with van der Waals surface area (Å²) in [6, 6.07) is 9.01. The van der Waals surface area contributed by atoms with E-state index < -0.39 is 12.2 Å². The Morgan fingerprint density at radius 1 is 1.03 bits per heavy atom. The molecule has 0 bridgehead atoms. The maximum absolute atomic E-state index is 13.3. The largest absolute Gasteiger partial charge is 0.396 e. The van der Waals surface area contributed by atoms with Crippen LogP contribution in [-0.2, 0) is 25.7 Å². The number of halogens is 1. The van der Waals surface area contributed by atoms with Crippen LogP contribution in [0.2, 0.25) is 0 Å². The van der Waals surface area contributed by atoms with Crippen molar-refractivity contribution in [2.24, 2.45) is 5.92 Å². The van der Waals surface area contributed by atoms with Crippen LogP contribution in [0, 0.1) is 11.7 Å². The summed E-state index contributed by atoms with van der Waals surface area (Å²) in [4.78, 5) is 0. The van der Waals surface area contributed by atoms with E-state index in [2.05, 4.69) is 19.9 Å². The lowest BCUT2D eigenvalue weighted by atomic mass is 9.82. The summed E-state index contributed by atoms with van der Waals surface area (Å²) in [6.45, 7) is 5.89. The van der Waals surface area contributed by atoms with E-state index in [1.165, 1.54) is 39.9 Å². The molecule has 0 amide bonds. The monoisotopic (exact) mass is 414 g/mol. The minimum atomic E-state index is -0.935. The fraction of sp³-hybridized carbons (Fsp3) is 0.538. The van der Waals surface area contributed by atoms with E-state index in [-0.39, 0.29) is 24.3 Å². The highest BCUT2D eigenvalue weighted by molar-refractivity contribution is 5.51. The molecular formula is C26H35FO3. The Balaban J connectivity index is 1.92. The first-order chi connectivity index (χ1) is 14.3. The predicted molar refractivity (Wildman–Crippen MR) is 118 cm³/mol. The number of hydrogen-bond donors (Lipinski definition) is 3. The molecule has 4 atom stereocenters. The van der Waals surface area contributed by atoms with Crippen LogP contribution < -0.4 is 0 Å². The zero-order valence-corrected chi connectivity index (χ0v) is 18.4. The highest BCUT2D eigenvalue weighted by atomic mass is 19.1. The highest BCUT2D eigenvalue weighted by Crippen LogP contribution is 2.37. The first-order valence-corrected chi connectivity index (χ1v) is 11.2. The van der Waals surface area contributed by atoms with E-state index in [0.29, 0.717) is 6.42 Å². The molecule has 1 aliphatic carbocycles. The Hall–Kier alpha value is -1.75. The van der Waals surface area contributed by atoms with Gasteiger partial charge in [0.25, 0.3) is 0 Å². The van der Waals surface area contributed by atoms with E-state index in [0.717, 1.165) is 37.7 Å². The van der Waals surface area contributed by atoms with Crippen LogP contribution in [0.25, 0.3) is 0 Å². The van der Waals surface area contributed by atoms with Gasteiger partial charge in [0.05, 0.1) is 12.2 Å². The first kappa shape index (κ1) is 22.9. The molecule has 4 heteroatoms. The predicted octanol–water partition coefficient (Wildman–Crippen LogP) is 4.31. The zero-order chi connectivity index (χ0) is 21.8. The number of rotatable bonds is 9. The van der Waals surface area contributed by atoms with Crippen LogP contribution in [0.4, 0.5) is 4.39 Å². The van der Waals surface area contributed by atoms with Gasteiger partial charge in [-0.1, -0.05) is 39.0 Å². The molecule has 0 saturated carbocycles. The van der Waals surface area contributed by atoms with Crippen LogP contribution >= 0.6 is 0 Å². The van der Waals surface area contributed by atoms with Gasteiger partial charge in [0, 0.05) is 12.5 Å². The lowest BCUT2D eigenvalue weighted by Crippen LogP contribution is -2.34. The topological polar surface area (TPSA) is 60.7 Å². The lowest BCUT2D eigenvalue weighted by molar-refractivity contribution is -0.0323. The summed E-state index contributed by atoms with van der Waals surface area (Å²) < 4.78 is 13.3. The lowest BCUT2D eigenvalue weighted by Gasteiger charge is -2.27. The Labute approximate surface area is 179 Å². The Morgan fingerprint density at radius 2 is 1.70 bits per heavy atom. The second-order valence-corrected chi connectivity index (χ2v) is 8.93. The van der Waals surface area contributed by atoms with Crippen molar-refractivity contribution in [3.8, 4) is 0 Å². The van der Waals surface area contributed by atoms with Gasteiger partial charge >= 0.3 is 0 Å². The summed E-state index contributed by atoms with van der Waals surface area (Å²) in [5.41, 5.74) is 7.93. The zero-order valence-electron chi connectivity index (χ0n) is 18.4. The molecule has 0 aliphatic heterocycles. The number of hydrogen-bond acceptors (Lipinski definition) is 3. The van der Waals surface area contributed by atoms with Crippen LogP contribution in [0.5, 0.6) is 0 Å². The van der Waals surface area contributed by atoms with Crippen molar-refractivity contribution >= 4 is 0 Å². The van der Waals surface area contributed by atoms with Crippen LogP contribution in [0.3, 0.4) is 0 Å². The van der Waals surface area contributed by atoms with E-state index in [9.17, 15) is 19.7 Å². The molecule has 0 heterocycles. The molecule has 1 aliphatic rings. The third-order valence-electron chi connectivity index (χ3n) is 6.70. The Kier molecular flexibility index (Phi) is 7.67. The van der Waals surface area contributed by atoms with Crippen molar-refractivity contribution in [3.63, 3.8) is 0 Å². The third kappa shape index (κ3) is 4.93. The molecule has 0 fully saturated rings. The summed E-state index contributed by atoms with van der Waals surface area (Å²) in [5, 5.41) is 30.1. The molecule has 2 aromatic carbocycles. The van der Waals surface area contributed by atoms with Crippen molar-refractivity contribution in [3.05, 3.63) is 69.5 Å². The van der Waals surface area contributed by atoms with Gasteiger partial charge in [-0.25, -0.2) is 4.39 Å². The van der Waals surface area contributed by atoms with Gasteiger partial charge in [-0.15, -0.1) is 0 Å². The molecular weight excluding hydrogens is 379 g/mol. The van der Waals surface area contributed by atoms with E-state index in [1.54, 1.807) is 6.92 Å². The SMILES string of the molecule is CCc1c(C(C)CC(O)C(O)C(C)CO)cc(Cc2ccc(F)cc2)c2c1CCC2. The summed E-state index contributed by atoms with van der Waals surface area (Å²) in [6.07, 6.45) is 3.70. The molecule has 0 aromatic heterocycles. The second-order valence-electron chi connectivity index (χ2n) is 8.93. The Bertz CT molecular complexity index is 846. The third-order valence-corrected chi connectivity index (χ3v) is 6.70. The molecule has 3 N–H and O–H groups in total. The van der Waals surface area contributed by atoms with Gasteiger partial charge in [0.1, 0.15) is 5.82 Å². The molecule has 0 saturated heterocycles. The number of aliphatic hydroxyl groups excluding tert-OH is 3. The van der Waals surface area contributed by atoms with E-state index in [1.807, 2.05) is 12.1 Å². The normalized spacial score (nSPS) is 17.4. The fourth-order valence-electron chi connectivity index (χ4n) is 4.92. The molecule has 164 valence electrons. The van der Waals surface area contributed by atoms with Gasteiger partial charge in [0.15, 0.2) is 0 Å². The number of fused-ring (bicyclic) bond motifs is 1. The van der Waals surface area contributed by atoms with Crippen molar-refractivity contribution in [2.45, 2.75) is 77.4 Å². The minimum Gasteiger partial charge on any atom is -0.396 e. The van der Waals surface area contributed by atoms with Crippen molar-refractivity contribution in [2.75, 3.05) is 6.61 Å². The average Bonchev–Trinajstić information content (AvgIpc) is 3.24. The smallest absolute Gasteiger partial charge is 0.123 e. The molecule has 0 spiro atoms. The number of benzene rings is 2. The molecule has 4 unspecified atom stereocenters. The molecule has 3 rings (SSSR count). The summed E-state index contributed by atoms with van der Waals surface area (Å²) >= 11 is 0.